The van der Waals surface area contributed by atoms with Gasteiger partial charge in [-0.1, -0.05) is 54.1 Å². The number of pyridine rings is 2. The molecule has 0 saturated carbocycles. The summed E-state index contributed by atoms with van der Waals surface area (Å²) >= 11 is 1.75. The van der Waals surface area contributed by atoms with Gasteiger partial charge in [0, 0.05) is 60.2 Å². The molecule has 2 aliphatic rings. The summed E-state index contributed by atoms with van der Waals surface area (Å²) in [6, 6.07) is 42.6. The minimum atomic E-state index is 0.132. The van der Waals surface area contributed by atoms with Gasteiger partial charge < -0.3 is 28.4 Å². The average Bonchev–Trinajstić information content (AvgIpc) is 3.80. The number of nitriles is 1. The lowest BCUT2D eigenvalue weighted by molar-refractivity contribution is -0.139. The maximum absolute atomic E-state index is 12.4. The van der Waals surface area contributed by atoms with Gasteiger partial charge in [0.25, 0.3) is 0 Å². The molecular weight excluding hydrogens is 869 g/mol. The third-order valence-electron chi connectivity index (χ3n) is 12.1. The standard InChI is InChI=1S/C28H29N3O2S.C20H24N2O3.C8H7N/c1-32-24-10-6-20(7-11-24)18-33-19-23-4-3-5-26-30-27(21-8-12-25(34-2)13-9-21)28(31(23)26)22-14-16-29-17-15-22;1-24-19-7-5-17(6-8-19)14-25-15-18-3-2-4-20(23)22(18)13-16-9-11-21-12-10-16;1-7-2-4-8(6-9)5-3-7/h6-17,23H,3-5,18-19H2,1-2H3;5-12,18H,2-4,13-15H2,1H3;2-5H,1H3/t23-;18-;/m00./s1. The molecule has 350 valence electrons. The van der Waals surface area contributed by atoms with E-state index in [1.54, 1.807) is 38.4 Å². The predicted octanol–water partition coefficient (Wildman–Crippen LogP) is 11.5. The number of fused-ring (bicyclic) bond motifs is 1. The van der Waals surface area contributed by atoms with E-state index in [2.05, 4.69) is 75.4 Å². The van der Waals surface area contributed by atoms with Gasteiger partial charge in [-0.25, -0.2) is 4.98 Å². The Bertz CT molecular complexity index is 2660. The number of imidazole rings is 1. The summed E-state index contributed by atoms with van der Waals surface area (Å²) in [4.78, 5) is 29.0. The summed E-state index contributed by atoms with van der Waals surface area (Å²) in [5, 5.41) is 8.38. The van der Waals surface area contributed by atoms with Crippen LogP contribution in [0.2, 0.25) is 0 Å². The number of benzene rings is 4. The number of aryl methyl sites for hydroxylation is 2. The fourth-order valence-corrected chi connectivity index (χ4v) is 8.74. The summed E-state index contributed by atoms with van der Waals surface area (Å²) in [5.41, 5.74) is 9.74. The van der Waals surface area contributed by atoms with Gasteiger partial charge in [0.05, 0.1) is 75.8 Å². The summed E-state index contributed by atoms with van der Waals surface area (Å²) in [6.07, 6.45) is 15.1. The number of rotatable bonds is 15. The molecule has 0 N–H and O–H groups in total. The number of aromatic nitrogens is 4. The molecule has 12 heteroatoms. The molecule has 7 aromatic rings. The molecule has 68 heavy (non-hydrogen) atoms. The number of hydrogen-bond donors (Lipinski definition) is 0. The Kier molecular flexibility index (Phi) is 18.3. The second-order valence-electron chi connectivity index (χ2n) is 16.7. The van der Waals surface area contributed by atoms with Gasteiger partial charge in [-0.15, -0.1) is 11.8 Å². The molecule has 3 aromatic heterocycles. The third-order valence-corrected chi connectivity index (χ3v) is 12.8. The molecule has 0 bridgehead atoms. The topological polar surface area (TPSA) is 125 Å². The number of piperidine rings is 1. The Labute approximate surface area is 405 Å². The van der Waals surface area contributed by atoms with Gasteiger partial charge in [-0.05, 0) is 128 Å². The van der Waals surface area contributed by atoms with Gasteiger partial charge in [0.2, 0.25) is 5.91 Å². The number of likely N-dealkylation sites (tertiary alicyclic amines) is 1. The Hall–Kier alpha value is -6.78. The SMILES string of the molecule is COc1ccc(COC[C@@H]2CCCC(=O)N2Cc2ccncc2)cc1.COc1ccc(COC[C@@H]2CCCc3nc(-c4ccc(SC)cc4)c(-c4ccncc4)n32)cc1.Cc1ccc(C#N)cc1. The Morgan fingerprint density at radius 3 is 1.79 bits per heavy atom. The molecule has 1 fully saturated rings. The van der Waals surface area contributed by atoms with Crippen LogP contribution in [0.1, 0.15) is 71.8 Å². The number of amides is 1. The van der Waals surface area contributed by atoms with E-state index in [4.69, 9.17) is 29.2 Å². The molecule has 4 aromatic carbocycles. The highest BCUT2D eigenvalue weighted by Crippen LogP contribution is 2.39. The smallest absolute Gasteiger partial charge is 0.223 e. The first-order chi connectivity index (χ1) is 33.3. The van der Waals surface area contributed by atoms with Crippen molar-refractivity contribution in [3.8, 4) is 40.1 Å². The summed E-state index contributed by atoms with van der Waals surface area (Å²) in [7, 11) is 3.34. The number of hydrogen-bond acceptors (Lipinski definition) is 10. The first kappa shape index (κ1) is 49.1. The lowest BCUT2D eigenvalue weighted by atomic mass is 10.0. The largest absolute Gasteiger partial charge is 0.497 e. The van der Waals surface area contributed by atoms with Crippen molar-refractivity contribution in [2.45, 2.75) is 82.2 Å². The van der Waals surface area contributed by atoms with Crippen molar-refractivity contribution in [1.82, 2.24) is 24.4 Å². The normalized spacial score (nSPS) is 15.2. The van der Waals surface area contributed by atoms with Crippen molar-refractivity contribution in [2.75, 3.05) is 33.7 Å². The van der Waals surface area contributed by atoms with E-state index in [-0.39, 0.29) is 18.0 Å². The average molecular weight is 929 g/mol. The van der Waals surface area contributed by atoms with Gasteiger partial charge in [0.1, 0.15) is 17.3 Å². The molecule has 0 aliphatic carbocycles. The van der Waals surface area contributed by atoms with Crippen molar-refractivity contribution in [3.05, 3.63) is 180 Å². The molecule has 11 nitrogen and oxygen atoms in total. The van der Waals surface area contributed by atoms with Crippen LogP contribution in [-0.2, 0) is 40.4 Å². The molecule has 2 aliphatic heterocycles. The van der Waals surface area contributed by atoms with Gasteiger partial charge in [-0.3, -0.25) is 14.8 Å². The van der Waals surface area contributed by atoms with E-state index >= 15 is 0 Å². The monoisotopic (exact) mass is 928 g/mol. The van der Waals surface area contributed by atoms with Gasteiger partial charge >= 0.3 is 0 Å². The van der Waals surface area contributed by atoms with E-state index < -0.39 is 0 Å². The van der Waals surface area contributed by atoms with Crippen molar-refractivity contribution in [1.29, 1.82) is 5.26 Å². The zero-order chi connectivity index (χ0) is 47.5. The number of methoxy groups -OCH3 is 2. The highest BCUT2D eigenvalue weighted by molar-refractivity contribution is 7.98. The fourth-order valence-electron chi connectivity index (χ4n) is 8.33. The van der Waals surface area contributed by atoms with Crippen molar-refractivity contribution in [3.63, 3.8) is 0 Å². The summed E-state index contributed by atoms with van der Waals surface area (Å²) in [5.74, 6) is 3.05. The Morgan fingerprint density at radius 2 is 1.22 bits per heavy atom. The van der Waals surface area contributed by atoms with Crippen molar-refractivity contribution >= 4 is 17.7 Å². The van der Waals surface area contributed by atoms with Crippen molar-refractivity contribution < 1.29 is 23.7 Å². The second-order valence-corrected chi connectivity index (χ2v) is 17.6. The number of carbonyl (C=O) groups excluding carboxylic acids is 1. The number of nitrogens with zero attached hydrogens (tertiary/aromatic N) is 6. The molecule has 1 amide bonds. The van der Waals surface area contributed by atoms with Crippen LogP contribution in [0.25, 0.3) is 22.5 Å². The lowest BCUT2D eigenvalue weighted by Gasteiger charge is -2.35. The molecule has 1 saturated heterocycles. The maximum Gasteiger partial charge on any atom is 0.223 e. The number of ether oxygens (including phenoxy) is 4. The van der Waals surface area contributed by atoms with E-state index in [0.717, 1.165) is 94.2 Å². The second kappa shape index (κ2) is 25.4. The predicted molar refractivity (Wildman–Crippen MR) is 268 cm³/mol. The van der Waals surface area contributed by atoms with Crippen LogP contribution in [-0.4, -0.2) is 70.1 Å². The molecular formula is C56H60N6O5S. The Balaban J connectivity index is 0.000000176. The molecule has 9 rings (SSSR count). The van der Waals surface area contributed by atoms with Crippen LogP contribution in [0.5, 0.6) is 11.5 Å². The number of carbonyl (C=O) groups is 1. The molecule has 2 atom stereocenters. The van der Waals surface area contributed by atoms with E-state index in [9.17, 15) is 4.79 Å². The molecule has 5 heterocycles. The molecule has 0 unspecified atom stereocenters. The summed E-state index contributed by atoms with van der Waals surface area (Å²) < 4.78 is 25.0. The van der Waals surface area contributed by atoms with Crippen LogP contribution < -0.4 is 9.47 Å². The highest BCUT2D eigenvalue weighted by Gasteiger charge is 2.29. The van der Waals surface area contributed by atoms with Crippen LogP contribution in [0.4, 0.5) is 0 Å². The minimum Gasteiger partial charge on any atom is -0.497 e. The van der Waals surface area contributed by atoms with Gasteiger partial charge in [-0.2, -0.15) is 5.26 Å². The molecule has 0 radical (unpaired) electrons. The first-order valence-electron chi connectivity index (χ1n) is 23.1. The maximum atomic E-state index is 12.4. The van der Waals surface area contributed by atoms with Crippen molar-refractivity contribution in [2.24, 2.45) is 0 Å². The first-order valence-corrected chi connectivity index (χ1v) is 24.3. The third kappa shape index (κ3) is 13.7. The van der Waals surface area contributed by atoms with E-state index in [1.807, 2.05) is 97.0 Å². The van der Waals surface area contributed by atoms with Crippen LogP contribution in [0.3, 0.4) is 0 Å². The van der Waals surface area contributed by atoms with Crippen LogP contribution in [0.15, 0.2) is 151 Å². The van der Waals surface area contributed by atoms with Crippen LogP contribution >= 0.6 is 11.8 Å². The van der Waals surface area contributed by atoms with Gasteiger partial charge in [0.15, 0.2) is 0 Å². The zero-order valence-electron chi connectivity index (χ0n) is 39.4. The quantitative estimate of drug-likeness (QED) is 0.0918. The Morgan fingerprint density at radius 1 is 0.662 bits per heavy atom. The minimum absolute atomic E-state index is 0.132. The zero-order valence-corrected chi connectivity index (χ0v) is 40.2. The molecule has 0 spiro atoms. The highest BCUT2D eigenvalue weighted by atomic mass is 32.2. The number of thioether (sulfide) groups is 1. The van der Waals surface area contributed by atoms with Crippen LogP contribution in [0, 0.1) is 18.3 Å². The van der Waals surface area contributed by atoms with E-state index in [0.29, 0.717) is 39.4 Å². The lowest BCUT2D eigenvalue weighted by Crippen LogP contribution is -2.45. The van der Waals surface area contributed by atoms with E-state index in [1.165, 1.54) is 10.5 Å². The fraction of sp³-hybridized carbons (Fsp3) is 0.304. The summed E-state index contributed by atoms with van der Waals surface area (Å²) in [6.45, 7) is 4.95.